The lowest BCUT2D eigenvalue weighted by atomic mass is 10.1. The van der Waals surface area contributed by atoms with Gasteiger partial charge in [0.15, 0.2) is 5.69 Å². The number of fused-ring (bicyclic) bond motifs is 1. The second kappa shape index (κ2) is 5.20. The van der Waals surface area contributed by atoms with Crippen LogP contribution in [-0.4, -0.2) is 39.2 Å². The SMILES string of the molecule is C[C@H]1CN(C)c2ccccc2CN1C(=O)c1cnsn1. The average Bonchev–Trinajstić information content (AvgIpc) is 2.94. The van der Waals surface area contributed by atoms with Gasteiger partial charge in [-0.3, -0.25) is 4.79 Å². The van der Waals surface area contributed by atoms with Gasteiger partial charge in [-0.2, -0.15) is 8.75 Å². The Balaban J connectivity index is 1.95. The summed E-state index contributed by atoms with van der Waals surface area (Å²) in [4.78, 5) is 16.6. The van der Waals surface area contributed by atoms with Gasteiger partial charge < -0.3 is 9.80 Å². The van der Waals surface area contributed by atoms with Crippen LogP contribution in [0.1, 0.15) is 23.0 Å². The van der Waals surface area contributed by atoms with Gasteiger partial charge in [-0.1, -0.05) is 18.2 Å². The highest BCUT2D eigenvalue weighted by Gasteiger charge is 2.28. The summed E-state index contributed by atoms with van der Waals surface area (Å²) in [6, 6.07) is 8.34. The number of likely N-dealkylation sites (N-methyl/N-ethyl adjacent to an activating group) is 1. The molecule has 3 rings (SSSR count). The zero-order valence-corrected chi connectivity index (χ0v) is 12.3. The summed E-state index contributed by atoms with van der Waals surface area (Å²) in [5.41, 5.74) is 2.78. The van der Waals surface area contributed by atoms with Crippen LogP contribution in [-0.2, 0) is 6.54 Å². The van der Waals surface area contributed by atoms with Crippen LogP contribution >= 0.6 is 11.7 Å². The Morgan fingerprint density at radius 2 is 2.20 bits per heavy atom. The minimum absolute atomic E-state index is 0.0450. The van der Waals surface area contributed by atoms with Crippen molar-refractivity contribution in [2.75, 3.05) is 18.5 Å². The van der Waals surface area contributed by atoms with Gasteiger partial charge in [0.2, 0.25) is 0 Å². The molecule has 0 spiro atoms. The number of hydrogen-bond acceptors (Lipinski definition) is 5. The molecule has 1 aliphatic heterocycles. The second-order valence-electron chi connectivity index (χ2n) is 5.08. The number of anilines is 1. The van der Waals surface area contributed by atoms with Gasteiger partial charge in [0.05, 0.1) is 17.9 Å². The summed E-state index contributed by atoms with van der Waals surface area (Å²) in [5, 5.41) is 0. The molecule has 0 unspecified atom stereocenters. The maximum absolute atomic E-state index is 12.6. The summed E-state index contributed by atoms with van der Waals surface area (Å²) in [7, 11) is 2.06. The molecule has 0 N–H and O–H groups in total. The monoisotopic (exact) mass is 288 g/mol. The highest BCUT2D eigenvalue weighted by Crippen LogP contribution is 2.26. The lowest BCUT2D eigenvalue weighted by molar-refractivity contribution is 0.0682. The van der Waals surface area contributed by atoms with Crippen LogP contribution in [0.4, 0.5) is 5.69 Å². The predicted octanol–water partition coefficient (Wildman–Crippen LogP) is 2.02. The molecule has 104 valence electrons. The number of benzene rings is 1. The largest absolute Gasteiger partial charge is 0.372 e. The van der Waals surface area contributed by atoms with Gasteiger partial charge in [-0.05, 0) is 18.6 Å². The Morgan fingerprint density at radius 1 is 1.40 bits per heavy atom. The fraction of sp³-hybridized carbons (Fsp3) is 0.357. The van der Waals surface area contributed by atoms with E-state index < -0.39 is 0 Å². The zero-order chi connectivity index (χ0) is 14.1. The molecule has 6 heteroatoms. The van der Waals surface area contributed by atoms with Crippen molar-refractivity contribution in [1.82, 2.24) is 13.6 Å². The van der Waals surface area contributed by atoms with Crippen LogP contribution < -0.4 is 4.90 Å². The molecule has 20 heavy (non-hydrogen) atoms. The average molecular weight is 288 g/mol. The summed E-state index contributed by atoms with van der Waals surface area (Å²) < 4.78 is 7.98. The number of carbonyl (C=O) groups is 1. The van der Waals surface area contributed by atoms with Crippen molar-refractivity contribution in [2.45, 2.75) is 19.5 Å². The van der Waals surface area contributed by atoms with Gasteiger partial charge in [0.1, 0.15) is 0 Å². The van der Waals surface area contributed by atoms with E-state index in [1.807, 2.05) is 17.0 Å². The fourth-order valence-electron chi connectivity index (χ4n) is 2.63. The Bertz CT molecular complexity index is 613. The van der Waals surface area contributed by atoms with Crippen LogP contribution in [0, 0.1) is 0 Å². The van der Waals surface area contributed by atoms with Crippen molar-refractivity contribution in [3.8, 4) is 0 Å². The van der Waals surface area contributed by atoms with Crippen LogP contribution in [0.15, 0.2) is 30.5 Å². The molecule has 1 aliphatic rings. The first kappa shape index (κ1) is 13.1. The molecular formula is C14H16N4OS. The number of carbonyl (C=O) groups excluding carboxylic acids is 1. The van der Waals surface area contributed by atoms with E-state index in [1.54, 1.807) is 6.20 Å². The van der Waals surface area contributed by atoms with E-state index in [-0.39, 0.29) is 11.9 Å². The zero-order valence-electron chi connectivity index (χ0n) is 11.5. The molecular weight excluding hydrogens is 272 g/mol. The van der Waals surface area contributed by atoms with E-state index in [1.165, 1.54) is 5.69 Å². The van der Waals surface area contributed by atoms with Crippen molar-refractivity contribution in [2.24, 2.45) is 0 Å². The molecule has 0 bridgehead atoms. The molecule has 1 aromatic carbocycles. The lowest BCUT2D eigenvalue weighted by Gasteiger charge is -2.27. The third-order valence-electron chi connectivity index (χ3n) is 3.65. The van der Waals surface area contributed by atoms with Crippen LogP contribution in [0.2, 0.25) is 0 Å². The predicted molar refractivity (Wildman–Crippen MR) is 79.0 cm³/mol. The van der Waals surface area contributed by atoms with Gasteiger partial charge in [-0.15, -0.1) is 0 Å². The first-order valence-electron chi connectivity index (χ1n) is 6.54. The molecule has 1 aromatic heterocycles. The first-order chi connectivity index (χ1) is 9.66. The van der Waals surface area contributed by atoms with Crippen molar-refractivity contribution >= 4 is 23.3 Å². The quantitative estimate of drug-likeness (QED) is 0.805. The van der Waals surface area contributed by atoms with Crippen molar-refractivity contribution in [3.63, 3.8) is 0 Å². The molecule has 5 nitrogen and oxygen atoms in total. The van der Waals surface area contributed by atoms with Gasteiger partial charge in [0, 0.05) is 31.9 Å². The Kier molecular flexibility index (Phi) is 3.40. The summed E-state index contributed by atoms with van der Waals surface area (Å²) in [6.45, 7) is 3.48. The molecule has 2 aromatic rings. The highest BCUT2D eigenvalue weighted by atomic mass is 32.1. The molecule has 1 amide bonds. The summed E-state index contributed by atoms with van der Waals surface area (Å²) in [6.07, 6.45) is 1.54. The van der Waals surface area contributed by atoms with Crippen LogP contribution in [0.25, 0.3) is 0 Å². The maximum Gasteiger partial charge on any atom is 0.275 e. The number of amides is 1. The molecule has 0 saturated heterocycles. The lowest BCUT2D eigenvalue weighted by Crippen LogP contribution is -2.42. The summed E-state index contributed by atoms with van der Waals surface area (Å²) >= 11 is 1.07. The van der Waals surface area contributed by atoms with E-state index in [4.69, 9.17) is 0 Å². The minimum atomic E-state index is -0.0450. The molecule has 1 atom stereocenters. The number of aromatic nitrogens is 2. The van der Waals surface area contributed by atoms with Crippen LogP contribution in [0.5, 0.6) is 0 Å². The Hall–Kier alpha value is -1.95. The van der Waals surface area contributed by atoms with Crippen molar-refractivity contribution < 1.29 is 4.79 Å². The van der Waals surface area contributed by atoms with E-state index in [0.717, 1.165) is 23.8 Å². The molecule has 0 radical (unpaired) electrons. The standard InChI is InChI=1S/C14H16N4OS/c1-10-8-17(2)13-6-4-3-5-11(13)9-18(10)14(19)12-7-15-20-16-12/h3-7,10H,8-9H2,1-2H3/t10-/m0/s1. The highest BCUT2D eigenvalue weighted by molar-refractivity contribution is 6.99. The molecule has 0 saturated carbocycles. The maximum atomic E-state index is 12.6. The van der Waals surface area contributed by atoms with E-state index in [9.17, 15) is 4.79 Å². The topological polar surface area (TPSA) is 49.3 Å². The number of nitrogens with zero attached hydrogens (tertiary/aromatic N) is 4. The second-order valence-corrected chi connectivity index (χ2v) is 5.64. The number of para-hydroxylation sites is 1. The number of rotatable bonds is 1. The van der Waals surface area contributed by atoms with Gasteiger partial charge in [0.25, 0.3) is 5.91 Å². The van der Waals surface area contributed by atoms with E-state index in [0.29, 0.717) is 12.2 Å². The van der Waals surface area contributed by atoms with E-state index >= 15 is 0 Å². The third kappa shape index (κ3) is 2.27. The minimum Gasteiger partial charge on any atom is -0.372 e. The number of hydrogen-bond donors (Lipinski definition) is 0. The molecule has 0 fully saturated rings. The first-order valence-corrected chi connectivity index (χ1v) is 7.27. The van der Waals surface area contributed by atoms with Gasteiger partial charge >= 0.3 is 0 Å². The fourth-order valence-corrected chi connectivity index (χ4v) is 3.03. The summed E-state index contributed by atoms with van der Waals surface area (Å²) in [5.74, 6) is -0.0450. The molecule has 0 aliphatic carbocycles. The van der Waals surface area contributed by atoms with E-state index in [2.05, 4.69) is 39.8 Å². The van der Waals surface area contributed by atoms with Crippen molar-refractivity contribution in [3.05, 3.63) is 41.7 Å². The van der Waals surface area contributed by atoms with Crippen molar-refractivity contribution in [1.29, 1.82) is 0 Å². The normalized spacial score (nSPS) is 18.6. The molecule has 2 heterocycles. The van der Waals surface area contributed by atoms with Gasteiger partial charge in [-0.25, -0.2) is 0 Å². The smallest absolute Gasteiger partial charge is 0.275 e. The Labute approximate surface area is 122 Å². The van der Waals surface area contributed by atoms with Crippen LogP contribution in [0.3, 0.4) is 0 Å². The third-order valence-corrected chi connectivity index (χ3v) is 4.13. The Morgan fingerprint density at radius 3 is 2.95 bits per heavy atom.